The normalized spacial score (nSPS) is 19.4. The van der Waals surface area contributed by atoms with Crippen LogP contribution in [0, 0.1) is 19.3 Å². The van der Waals surface area contributed by atoms with E-state index in [-0.39, 0.29) is 17.4 Å². The molecule has 3 aromatic rings. The van der Waals surface area contributed by atoms with Crippen molar-refractivity contribution in [3.63, 3.8) is 0 Å². The lowest BCUT2D eigenvalue weighted by atomic mass is 9.76. The molecule has 5 rings (SSSR count). The summed E-state index contributed by atoms with van der Waals surface area (Å²) in [5, 5.41) is 3.30. The highest BCUT2D eigenvalue weighted by Gasteiger charge is 2.43. The number of aryl methyl sites for hydroxylation is 2. The Morgan fingerprint density at radius 1 is 1.12 bits per heavy atom. The van der Waals surface area contributed by atoms with Gasteiger partial charge < -0.3 is 15.0 Å². The highest BCUT2D eigenvalue weighted by atomic mass is 16.5. The average Bonchev–Trinajstić information content (AvgIpc) is 3.21. The third-order valence-electron chi connectivity index (χ3n) is 6.91. The van der Waals surface area contributed by atoms with Crippen molar-refractivity contribution in [1.29, 1.82) is 0 Å². The Bertz CT molecular complexity index is 1140. The van der Waals surface area contributed by atoms with Crippen LogP contribution in [-0.4, -0.2) is 51.6 Å². The minimum absolute atomic E-state index is 0.0810. The number of rotatable bonds is 5. The van der Waals surface area contributed by atoms with Crippen molar-refractivity contribution in [3.05, 3.63) is 77.5 Å². The van der Waals surface area contributed by atoms with E-state index in [2.05, 4.69) is 26.3 Å². The van der Waals surface area contributed by atoms with Gasteiger partial charge in [-0.15, -0.1) is 0 Å². The van der Waals surface area contributed by atoms with E-state index in [1.165, 1.54) is 0 Å². The van der Waals surface area contributed by atoms with Gasteiger partial charge in [0, 0.05) is 54.4 Å². The third kappa shape index (κ3) is 5.09. The van der Waals surface area contributed by atoms with Crippen molar-refractivity contribution >= 4 is 17.4 Å². The monoisotopic (exact) mass is 457 g/mol. The predicted molar refractivity (Wildman–Crippen MR) is 131 cm³/mol. The molecular weight excluding hydrogens is 426 g/mol. The average molecular weight is 458 g/mol. The molecule has 2 aliphatic heterocycles. The number of hydrogen-bond acceptors (Lipinski definition) is 6. The smallest absolute Gasteiger partial charge is 0.253 e. The second-order valence-electron chi connectivity index (χ2n) is 9.60. The Labute approximate surface area is 200 Å². The molecule has 7 nitrogen and oxygen atoms in total. The van der Waals surface area contributed by atoms with Crippen molar-refractivity contribution in [3.8, 4) is 0 Å². The van der Waals surface area contributed by atoms with Crippen molar-refractivity contribution in [2.75, 3.05) is 25.0 Å². The summed E-state index contributed by atoms with van der Waals surface area (Å²) in [5.41, 5.74) is 3.71. The number of aromatic nitrogens is 3. The van der Waals surface area contributed by atoms with E-state index in [1.54, 1.807) is 0 Å². The number of hydrogen-bond donors (Lipinski definition) is 1. The molecule has 0 aliphatic carbocycles. The van der Waals surface area contributed by atoms with Gasteiger partial charge in [0.15, 0.2) is 0 Å². The van der Waals surface area contributed by atoms with E-state index in [1.807, 2.05) is 67.4 Å². The van der Waals surface area contributed by atoms with Crippen LogP contribution < -0.4 is 5.32 Å². The lowest BCUT2D eigenvalue weighted by Gasteiger charge is -2.38. The standard InChI is InChI=1S/C27H31N5O2/c1-19-14-25(30-20(2)29-19)31-23-8-5-6-21(15-23)26(33)32-12-9-27(10-13-32)17-24(34-18-27)16-22-7-3-4-11-28-22/h3-8,11,14-15,24H,9-10,12-13,16-18H2,1-2H3,(H,29,30,31). The summed E-state index contributed by atoms with van der Waals surface area (Å²) < 4.78 is 6.16. The zero-order chi connectivity index (χ0) is 23.5. The summed E-state index contributed by atoms with van der Waals surface area (Å²) in [6.07, 6.45) is 5.92. The Morgan fingerprint density at radius 2 is 1.97 bits per heavy atom. The molecule has 1 N–H and O–H groups in total. The van der Waals surface area contributed by atoms with Crippen LogP contribution in [0.2, 0.25) is 0 Å². The third-order valence-corrected chi connectivity index (χ3v) is 6.91. The van der Waals surface area contributed by atoms with Crippen molar-refractivity contribution < 1.29 is 9.53 Å². The van der Waals surface area contributed by atoms with E-state index in [4.69, 9.17) is 4.74 Å². The molecule has 1 amide bonds. The van der Waals surface area contributed by atoms with E-state index >= 15 is 0 Å². The maximum atomic E-state index is 13.3. The van der Waals surface area contributed by atoms with Crippen LogP contribution in [0.3, 0.4) is 0 Å². The molecule has 0 radical (unpaired) electrons. The number of carbonyl (C=O) groups excluding carboxylic acids is 1. The number of nitrogens with one attached hydrogen (secondary N) is 1. The van der Waals surface area contributed by atoms with E-state index in [0.29, 0.717) is 5.56 Å². The van der Waals surface area contributed by atoms with Gasteiger partial charge in [-0.1, -0.05) is 12.1 Å². The summed E-state index contributed by atoms with van der Waals surface area (Å²) in [4.78, 5) is 28.4. The van der Waals surface area contributed by atoms with Gasteiger partial charge in [0.05, 0.1) is 12.7 Å². The van der Waals surface area contributed by atoms with Crippen LogP contribution in [0.25, 0.3) is 0 Å². The number of anilines is 2. The fourth-order valence-electron chi connectivity index (χ4n) is 5.15. The van der Waals surface area contributed by atoms with Crippen LogP contribution in [-0.2, 0) is 11.2 Å². The number of carbonyl (C=O) groups is 1. The first-order chi connectivity index (χ1) is 16.5. The number of likely N-dealkylation sites (tertiary alicyclic amines) is 1. The summed E-state index contributed by atoms with van der Waals surface area (Å²) in [6.45, 7) is 6.13. The minimum Gasteiger partial charge on any atom is -0.377 e. The first kappa shape index (κ1) is 22.5. The lowest BCUT2D eigenvalue weighted by molar-refractivity contribution is 0.0495. The number of amides is 1. The van der Waals surface area contributed by atoms with Gasteiger partial charge in [-0.05, 0) is 68.9 Å². The molecule has 2 aliphatic rings. The minimum atomic E-state index is 0.0810. The highest BCUT2D eigenvalue weighted by molar-refractivity contribution is 5.95. The number of benzene rings is 1. The van der Waals surface area contributed by atoms with Gasteiger partial charge in [-0.25, -0.2) is 9.97 Å². The lowest BCUT2D eigenvalue weighted by Crippen LogP contribution is -2.43. The molecule has 1 aromatic carbocycles. The Balaban J connectivity index is 1.19. The second-order valence-corrected chi connectivity index (χ2v) is 9.60. The van der Waals surface area contributed by atoms with Gasteiger partial charge in [-0.3, -0.25) is 9.78 Å². The number of piperidine rings is 1. The van der Waals surface area contributed by atoms with Gasteiger partial charge >= 0.3 is 0 Å². The molecule has 34 heavy (non-hydrogen) atoms. The molecule has 4 heterocycles. The maximum absolute atomic E-state index is 13.3. The molecule has 0 saturated carbocycles. The largest absolute Gasteiger partial charge is 0.377 e. The molecule has 0 bridgehead atoms. The van der Waals surface area contributed by atoms with Crippen LogP contribution in [0.1, 0.15) is 46.8 Å². The van der Waals surface area contributed by atoms with Crippen molar-refractivity contribution in [1.82, 2.24) is 19.9 Å². The van der Waals surface area contributed by atoms with E-state index < -0.39 is 0 Å². The van der Waals surface area contributed by atoms with Crippen molar-refractivity contribution in [2.24, 2.45) is 5.41 Å². The Kier molecular flexibility index (Phi) is 6.28. The summed E-state index contributed by atoms with van der Waals surface area (Å²) >= 11 is 0. The Hall–Kier alpha value is -3.32. The fourth-order valence-corrected chi connectivity index (χ4v) is 5.15. The topological polar surface area (TPSA) is 80.2 Å². The van der Waals surface area contributed by atoms with Crippen LogP contribution in [0.4, 0.5) is 11.5 Å². The zero-order valence-corrected chi connectivity index (χ0v) is 19.8. The predicted octanol–water partition coefficient (Wildman–Crippen LogP) is 4.49. The molecule has 1 unspecified atom stereocenters. The van der Waals surface area contributed by atoms with Crippen LogP contribution >= 0.6 is 0 Å². The fraction of sp³-hybridized carbons (Fsp3) is 0.407. The summed E-state index contributed by atoms with van der Waals surface area (Å²) in [7, 11) is 0. The first-order valence-electron chi connectivity index (χ1n) is 12.0. The maximum Gasteiger partial charge on any atom is 0.253 e. The second kappa shape index (κ2) is 9.50. The molecule has 7 heteroatoms. The quantitative estimate of drug-likeness (QED) is 0.608. The Morgan fingerprint density at radius 3 is 2.74 bits per heavy atom. The van der Waals surface area contributed by atoms with Crippen LogP contribution in [0.5, 0.6) is 0 Å². The molecule has 2 fully saturated rings. The van der Waals surface area contributed by atoms with E-state index in [9.17, 15) is 4.79 Å². The molecule has 1 atom stereocenters. The molecule has 2 aromatic heterocycles. The van der Waals surface area contributed by atoms with E-state index in [0.717, 1.165) is 74.1 Å². The molecule has 176 valence electrons. The summed E-state index contributed by atoms with van der Waals surface area (Å²) in [5.74, 6) is 1.53. The van der Waals surface area contributed by atoms with Gasteiger partial charge in [0.2, 0.25) is 0 Å². The van der Waals surface area contributed by atoms with Crippen LogP contribution in [0.15, 0.2) is 54.7 Å². The number of ether oxygens (including phenoxy) is 1. The van der Waals surface area contributed by atoms with Crippen molar-refractivity contribution in [2.45, 2.75) is 45.6 Å². The highest BCUT2D eigenvalue weighted by Crippen LogP contribution is 2.42. The van der Waals surface area contributed by atoms with Gasteiger partial charge in [0.1, 0.15) is 11.6 Å². The summed E-state index contributed by atoms with van der Waals surface area (Å²) in [6, 6.07) is 15.6. The first-order valence-corrected chi connectivity index (χ1v) is 12.0. The SMILES string of the molecule is Cc1cc(Nc2cccc(C(=O)N3CCC4(CC3)COC(Cc3ccccn3)C4)c2)nc(C)n1. The van der Waals surface area contributed by atoms with Gasteiger partial charge in [-0.2, -0.15) is 0 Å². The molecular formula is C27H31N5O2. The number of nitrogens with zero attached hydrogens (tertiary/aromatic N) is 4. The number of pyridine rings is 1. The molecule has 2 saturated heterocycles. The van der Waals surface area contributed by atoms with Gasteiger partial charge in [0.25, 0.3) is 5.91 Å². The zero-order valence-electron chi connectivity index (χ0n) is 19.8. The molecule has 1 spiro atoms.